The molecule has 1 saturated heterocycles. The lowest BCUT2D eigenvalue weighted by molar-refractivity contribution is 0.187. The fourth-order valence-corrected chi connectivity index (χ4v) is 9.07. The van der Waals surface area contributed by atoms with E-state index in [1.807, 2.05) is 47.7 Å². The summed E-state index contributed by atoms with van der Waals surface area (Å²) in [6, 6.07) is 34.3. The maximum Gasteiger partial charge on any atom is 0.142 e. The normalized spacial score (nSPS) is 16.9. The number of hydrogen-bond acceptors (Lipinski definition) is 5. The zero-order valence-corrected chi connectivity index (χ0v) is 25.0. The predicted molar refractivity (Wildman–Crippen MR) is 173 cm³/mol. The van der Waals surface area contributed by atoms with Crippen LogP contribution in [0.5, 0.6) is 0 Å². The standard InChI is InChI=1S/C36H33N3S2/c1-39-18-16-36(17-19-39)15-14-25-12-13-28(20-31(25)36)32-23-34-33(41-32)22-30(40-34)21-29(24-37)38-35(26-8-4-2-5-9-26)27-10-6-3-7-11-27/h2-13,20,22-23,29H,14-19,21H2,1H3. The van der Waals surface area contributed by atoms with Gasteiger partial charge in [0.2, 0.25) is 0 Å². The predicted octanol–water partition coefficient (Wildman–Crippen LogP) is 8.51. The molecule has 0 bridgehead atoms. The highest BCUT2D eigenvalue weighted by atomic mass is 32.1. The van der Waals surface area contributed by atoms with E-state index in [0.29, 0.717) is 11.8 Å². The summed E-state index contributed by atoms with van der Waals surface area (Å²) in [5.74, 6) is 0. The zero-order valence-electron chi connectivity index (χ0n) is 23.3. The fourth-order valence-electron chi connectivity index (χ4n) is 6.62. The van der Waals surface area contributed by atoms with Crippen molar-refractivity contribution in [2.75, 3.05) is 20.1 Å². The molecule has 0 saturated carbocycles. The van der Waals surface area contributed by atoms with Gasteiger partial charge in [-0.15, -0.1) is 22.7 Å². The van der Waals surface area contributed by atoms with Crippen LogP contribution < -0.4 is 0 Å². The van der Waals surface area contributed by atoms with Crippen LogP contribution in [0.2, 0.25) is 0 Å². The smallest absolute Gasteiger partial charge is 0.142 e. The largest absolute Gasteiger partial charge is 0.306 e. The van der Waals surface area contributed by atoms with Crippen molar-refractivity contribution in [2.45, 2.75) is 43.6 Å². The Bertz CT molecular complexity index is 1680. The lowest BCUT2D eigenvalue weighted by Gasteiger charge is -2.38. The Hall–Kier alpha value is -3.56. The van der Waals surface area contributed by atoms with Gasteiger partial charge in [-0.2, -0.15) is 5.26 Å². The molecular weight excluding hydrogens is 539 g/mol. The third-order valence-electron chi connectivity index (χ3n) is 8.96. The molecule has 0 N–H and O–H groups in total. The van der Waals surface area contributed by atoms with Crippen molar-refractivity contribution in [1.82, 2.24) is 4.90 Å². The van der Waals surface area contributed by atoms with Gasteiger partial charge < -0.3 is 4.90 Å². The van der Waals surface area contributed by atoms with Gasteiger partial charge in [-0.3, -0.25) is 4.99 Å². The summed E-state index contributed by atoms with van der Waals surface area (Å²) < 4.78 is 2.61. The molecule has 1 fully saturated rings. The lowest BCUT2D eigenvalue weighted by Crippen LogP contribution is -2.39. The van der Waals surface area contributed by atoms with Gasteiger partial charge in [0, 0.05) is 36.7 Å². The number of aryl methyl sites for hydroxylation is 1. The first kappa shape index (κ1) is 26.3. The maximum atomic E-state index is 10.1. The van der Waals surface area contributed by atoms with E-state index in [9.17, 15) is 5.26 Å². The number of likely N-dealkylation sites (tertiary alicyclic amines) is 1. The Kier molecular flexibility index (Phi) is 7.08. The Morgan fingerprint density at radius 3 is 2.22 bits per heavy atom. The summed E-state index contributed by atoms with van der Waals surface area (Å²) in [5, 5.41) is 10.1. The molecule has 204 valence electrons. The molecule has 2 aromatic heterocycles. The second-order valence-electron chi connectivity index (χ2n) is 11.6. The van der Waals surface area contributed by atoms with Crippen LogP contribution in [-0.4, -0.2) is 36.8 Å². The molecule has 1 unspecified atom stereocenters. The molecule has 1 atom stereocenters. The number of piperidine rings is 1. The van der Waals surface area contributed by atoms with Crippen LogP contribution in [0.3, 0.4) is 0 Å². The van der Waals surface area contributed by atoms with Crippen LogP contribution in [0.15, 0.2) is 96.0 Å². The first-order valence-corrected chi connectivity index (χ1v) is 16.2. The highest BCUT2D eigenvalue weighted by Gasteiger charge is 2.40. The quantitative estimate of drug-likeness (QED) is 0.192. The summed E-state index contributed by atoms with van der Waals surface area (Å²) in [6.45, 7) is 2.40. The average Bonchev–Trinajstić information content (AvgIpc) is 3.69. The van der Waals surface area contributed by atoms with Crippen molar-refractivity contribution in [3.63, 3.8) is 0 Å². The minimum Gasteiger partial charge on any atom is -0.306 e. The molecular formula is C36H33N3S2. The number of nitrogens with zero attached hydrogens (tertiary/aromatic N) is 3. The number of benzene rings is 3. The number of rotatable bonds is 6. The van der Waals surface area contributed by atoms with E-state index in [-0.39, 0.29) is 0 Å². The molecule has 1 spiro atoms. The summed E-state index contributed by atoms with van der Waals surface area (Å²) >= 11 is 3.68. The second-order valence-corrected chi connectivity index (χ2v) is 13.8. The van der Waals surface area contributed by atoms with Crippen molar-refractivity contribution in [2.24, 2.45) is 4.99 Å². The first-order valence-electron chi connectivity index (χ1n) is 14.5. The van der Waals surface area contributed by atoms with Crippen molar-refractivity contribution in [3.05, 3.63) is 118 Å². The first-order chi connectivity index (χ1) is 20.1. The lowest BCUT2D eigenvalue weighted by atomic mass is 9.73. The van der Waals surface area contributed by atoms with Crippen LogP contribution in [0.4, 0.5) is 0 Å². The van der Waals surface area contributed by atoms with Crippen molar-refractivity contribution in [3.8, 4) is 16.5 Å². The molecule has 3 aromatic carbocycles. The minimum atomic E-state index is -0.444. The van der Waals surface area contributed by atoms with Gasteiger partial charge in [-0.25, -0.2) is 0 Å². The van der Waals surface area contributed by atoms with Gasteiger partial charge >= 0.3 is 0 Å². The molecule has 41 heavy (non-hydrogen) atoms. The molecule has 5 heteroatoms. The Morgan fingerprint density at radius 2 is 1.56 bits per heavy atom. The number of hydrogen-bond donors (Lipinski definition) is 0. The van der Waals surface area contributed by atoms with Crippen LogP contribution in [0, 0.1) is 11.3 Å². The number of aliphatic imine (C=N–C) groups is 1. The van der Waals surface area contributed by atoms with E-state index >= 15 is 0 Å². The topological polar surface area (TPSA) is 39.4 Å². The third kappa shape index (κ3) is 5.17. The van der Waals surface area contributed by atoms with E-state index in [1.165, 1.54) is 63.5 Å². The summed E-state index contributed by atoms with van der Waals surface area (Å²) in [6.07, 6.45) is 5.71. The summed E-state index contributed by atoms with van der Waals surface area (Å²) in [5.41, 5.74) is 7.85. The molecule has 0 amide bonds. The van der Waals surface area contributed by atoms with E-state index in [0.717, 1.165) is 16.8 Å². The van der Waals surface area contributed by atoms with Crippen LogP contribution >= 0.6 is 22.7 Å². The Morgan fingerprint density at radius 1 is 0.878 bits per heavy atom. The molecule has 1 aliphatic heterocycles. The number of thiophene rings is 2. The van der Waals surface area contributed by atoms with E-state index in [4.69, 9.17) is 4.99 Å². The van der Waals surface area contributed by atoms with Gasteiger partial charge in [0.05, 0.1) is 11.8 Å². The molecule has 7 rings (SSSR count). The third-order valence-corrected chi connectivity index (χ3v) is 11.3. The highest BCUT2D eigenvalue weighted by molar-refractivity contribution is 7.29. The van der Waals surface area contributed by atoms with Gasteiger partial charge in [-0.05, 0) is 86.1 Å². The average molecular weight is 572 g/mol. The summed E-state index contributed by atoms with van der Waals surface area (Å²) in [4.78, 5) is 10.0. The number of fused-ring (bicyclic) bond motifs is 3. The minimum absolute atomic E-state index is 0.380. The molecule has 0 radical (unpaired) electrons. The fraction of sp³-hybridized carbons (Fsp3) is 0.278. The van der Waals surface area contributed by atoms with Gasteiger partial charge in [0.25, 0.3) is 0 Å². The van der Waals surface area contributed by atoms with E-state index in [2.05, 4.69) is 72.6 Å². The van der Waals surface area contributed by atoms with Gasteiger partial charge in [-0.1, -0.05) is 72.8 Å². The Balaban J connectivity index is 1.14. The number of nitriles is 1. The second kappa shape index (κ2) is 11.0. The molecule has 5 aromatic rings. The van der Waals surface area contributed by atoms with E-state index < -0.39 is 6.04 Å². The van der Waals surface area contributed by atoms with Crippen LogP contribution in [0.1, 0.15) is 46.4 Å². The van der Waals surface area contributed by atoms with Gasteiger partial charge in [0.15, 0.2) is 0 Å². The molecule has 3 nitrogen and oxygen atoms in total. The Labute approximate surface area is 250 Å². The van der Waals surface area contributed by atoms with Crippen molar-refractivity contribution < 1.29 is 0 Å². The van der Waals surface area contributed by atoms with Crippen molar-refractivity contribution >= 4 is 37.8 Å². The maximum absolute atomic E-state index is 10.1. The zero-order chi connectivity index (χ0) is 27.8. The SMILES string of the molecule is CN1CCC2(CCc3ccc(-c4cc5sc(CC(C#N)N=C(c6ccccc6)c6ccccc6)cc5s4)cc32)CC1. The van der Waals surface area contributed by atoms with Gasteiger partial charge in [0.1, 0.15) is 6.04 Å². The van der Waals surface area contributed by atoms with E-state index in [1.54, 1.807) is 22.5 Å². The molecule has 1 aliphatic carbocycles. The highest BCUT2D eigenvalue weighted by Crippen LogP contribution is 2.48. The molecule has 2 aliphatic rings. The summed E-state index contributed by atoms with van der Waals surface area (Å²) in [7, 11) is 2.25. The van der Waals surface area contributed by atoms with Crippen LogP contribution in [-0.2, 0) is 18.3 Å². The van der Waals surface area contributed by atoms with Crippen molar-refractivity contribution in [1.29, 1.82) is 5.26 Å². The molecule has 3 heterocycles. The monoisotopic (exact) mass is 571 g/mol. The van der Waals surface area contributed by atoms with Crippen LogP contribution in [0.25, 0.3) is 19.8 Å².